The number of hydrogen-bond acceptors (Lipinski definition) is 2. The molecular weight excluding hydrogens is 266 g/mol. The van der Waals surface area contributed by atoms with E-state index in [1.54, 1.807) is 6.07 Å². The summed E-state index contributed by atoms with van der Waals surface area (Å²) in [5.41, 5.74) is -0.116. The van der Waals surface area contributed by atoms with Crippen molar-refractivity contribution in [2.45, 2.75) is 37.8 Å². The van der Waals surface area contributed by atoms with Crippen LogP contribution in [0.25, 0.3) is 6.08 Å². The van der Waals surface area contributed by atoms with Crippen molar-refractivity contribution in [3.8, 4) is 5.75 Å². The van der Waals surface area contributed by atoms with Gasteiger partial charge in [-0.3, -0.25) is 0 Å². The Morgan fingerprint density at radius 3 is 2.68 bits per heavy atom. The number of hydrogen-bond donors (Lipinski definition) is 1. The van der Waals surface area contributed by atoms with Crippen LogP contribution >= 0.6 is 7.60 Å². The van der Waals surface area contributed by atoms with Crippen molar-refractivity contribution in [2.24, 2.45) is 0 Å². The fourth-order valence-corrected chi connectivity index (χ4v) is 3.97. The molecule has 0 heterocycles. The second-order valence-corrected chi connectivity index (χ2v) is 6.85. The molecule has 1 aliphatic rings. The number of halogens is 1. The van der Waals surface area contributed by atoms with E-state index in [4.69, 9.17) is 4.52 Å². The molecule has 0 aliphatic heterocycles. The Morgan fingerprint density at radius 1 is 1.37 bits per heavy atom. The van der Waals surface area contributed by atoms with Gasteiger partial charge in [-0.1, -0.05) is 44.1 Å². The van der Waals surface area contributed by atoms with Gasteiger partial charge in [-0.15, -0.1) is 0 Å². The Balaban J connectivity index is 2.19. The van der Waals surface area contributed by atoms with E-state index in [0.717, 1.165) is 19.3 Å². The molecule has 1 unspecified atom stereocenters. The first-order valence-electron chi connectivity index (χ1n) is 6.47. The van der Waals surface area contributed by atoms with Crippen LogP contribution in [0.2, 0.25) is 0 Å². The molecule has 2 rings (SSSR count). The highest BCUT2D eigenvalue weighted by Gasteiger charge is 2.35. The van der Waals surface area contributed by atoms with Crippen LogP contribution in [0.3, 0.4) is 0 Å². The molecule has 1 saturated carbocycles. The smallest absolute Gasteiger partial charge is 0.379 e. The summed E-state index contributed by atoms with van der Waals surface area (Å²) in [6, 6.07) is 4.49. The lowest BCUT2D eigenvalue weighted by molar-refractivity contribution is 0.336. The zero-order valence-corrected chi connectivity index (χ0v) is 11.6. The van der Waals surface area contributed by atoms with E-state index in [2.05, 4.69) is 6.58 Å². The fraction of sp³-hybridized carbons (Fsp3) is 0.429. The van der Waals surface area contributed by atoms with Gasteiger partial charge in [-0.25, -0.2) is 8.96 Å². The van der Waals surface area contributed by atoms with Crippen molar-refractivity contribution >= 4 is 13.7 Å². The van der Waals surface area contributed by atoms with Crippen molar-refractivity contribution in [3.63, 3.8) is 0 Å². The third-order valence-corrected chi connectivity index (χ3v) is 5.38. The fourth-order valence-electron chi connectivity index (χ4n) is 2.38. The van der Waals surface area contributed by atoms with Gasteiger partial charge in [0.05, 0.1) is 5.66 Å². The van der Waals surface area contributed by atoms with Crippen LogP contribution in [-0.2, 0) is 4.57 Å². The summed E-state index contributed by atoms with van der Waals surface area (Å²) in [5, 5.41) is 0. The molecule has 19 heavy (non-hydrogen) atoms. The molecule has 0 saturated heterocycles. The SMILES string of the molecule is C=Cc1cccc(OP(=O)(O)C2CCCCC2)c1F. The minimum atomic E-state index is -3.82. The normalized spacial score (nSPS) is 19.7. The van der Waals surface area contributed by atoms with E-state index >= 15 is 0 Å². The van der Waals surface area contributed by atoms with E-state index < -0.39 is 13.4 Å². The molecule has 0 amide bonds. The van der Waals surface area contributed by atoms with Gasteiger partial charge in [0.25, 0.3) is 0 Å². The van der Waals surface area contributed by atoms with Gasteiger partial charge < -0.3 is 9.42 Å². The molecular formula is C14H18FO3P. The molecule has 0 radical (unpaired) electrons. The predicted octanol–water partition coefficient (Wildman–Crippen LogP) is 4.37. The van der Waals surface area contributed by atoms with Crippen molar-refractivity contribution in [2.75, 3.05) is 0 Å². The largest absolute Gasteiger partial charge is 0.421 e. The second kappa shape index (κ2) is 5.89. The lowest BCUT2D eigenvalue weighted by Crippen LogP contribution is -2.16. The van der Waals surface area contributed by atoms with Crippen LogP contribution in [0, 0.1) is 5.82 Å². The summed E-state index contributed by atoms with van der Waals surface area (Å²) in [6.07, 6.45) is 5.61. The standard InChI is InChI=1S/C14H18FO3P/c1-2-11-7-6-10-13(14(11)15)18-19(16,17)12-8-4-3-5-9-12/h2,6-7,10,12H,1,3-5,8-9H2,(H,16,17). The van der Waals surface area contributed by atoms with Gasteiger partial charge >= 0.3 is 7.60 Å². The van der Waals surface area contributed by atoms with E-state index in [1.807, 2.05) is 0 Å². The first kappa shape index (κ1) is 14.3. The Kier molecular flexibility index (Phi) is 4.43. The highest BCUT2D eigenvalue weighted by atomic mass is 31.2. The first-order chi connectivity index (χ1) is 9.04. The summed E-state index contributed by atoms with van der Waals surface area (Å²) in [7, 11) is -3.82. The van der Waals surface area contributed by atoms with E-state index in [1.165, 1.54) is 18.2 Å². The summed E-state index contributed by atoms with van der Waals surface area (Å²) in [4.78, 5) is 10.0. The maximum atomic E-state index is 13.9. The van der Waals surface area contributed by atoms with Gasteiger partial charge in [0.1, 0.15) is 0 Å². The van der Waals surface area contributed by atoms with Gasteiger partial charge in [-0.2, -0.15) is 0 Å². The molecule has 0 aromatic heterocycles. The zero-order chi connectivity index (χ0) is 13.9. The average molecular weight is 284 g/mol. The molecule has 0 bridgehead atoms. The highest BCUT2D eigenvalue weighted by Crippen LogP contribution is 2.53. The minimum Gasteiger partial charge on any atom is -0.421 e. The minimum absolute atomic E-state index is 0.172. The zero-order valence-electron chi connectivity index (χ0n) is 10.7. The Hall–Kier alpha value is -1.12. The molecule has 1 fully saturated rings. The molecule has 5 heteroatoms. The topological polar surface area (TPSA) is 46.5 Å². The van der Waals surface area contributed by atoms with Gasteiger partial charge in [0.2, 0.25) is 0 Å². The van der Waals surface area contributed by atoms with E-state index in [-0.39, 0.29) is 17.0 Å². The van der Waals surface area contributed by atoms with Crippen LogP contribution in [0.15, 0.2) is 24.8 Å². The molecule has 1 aromatic carbocycles. The number of benzene rings is 1. The molecule has 3 nitrogen and oxygen atoms in total. The van der Waals surface area contributed by atoms with E-state index in [9.17, 15) is 13.8 Å². The van der Waals surface area contributed by atoms with Crippen molar-refractivity contribution < 1.29 is 18.4 Å². The Labute approximate surface area is 112 Å². The molecule has 1 aliphatic carbocycles. The van der Waals surface area contributed by atoms with Gasteiger partial charge in [0, 0.05) is 5.56 Å². The van der Waals surface area contributed by atoms with Crippen molar-refractivity contribution in [1.82, 2.24) is 0 Å². The maximum absolute atomic E-state index is 13.9. The second-order valence-electron chi connectivity index (χ2n) is 4.81. The third-order valence-electron chi connectivity index (χ3n) is 3.48. The maximum Gasteiger partial charge on any atom is 0.379 e. The van der Waals surface area contributed by atoms with Gasteiger partial charge in [0.15, 0.2) is 11.6 Å². The molecule has 1 N–H and O–H groups in total. The molecule has 1 aromatic rings. The molecule has 104 valence electrons. The molecule has 1 atom stereocenters. The average Bonchev–Trinajstić information content (AvgIpc) is 2.42. The number of rotatable bonds is 4. The van der Waals surface area contributed by atoms with Crippen LogP contribution in [0.4, 0.5) is 4.39 Å². The van der Waals surface area contributed by atoms with Crippen LogP contribution < -0.4 is 4.52 Å². The van der Waals surface area contributed by atoms with Crippen LogP contribution in [-0.4, -0.2) is 10.6 Å². The molecule has 0 spiro atoms. The quantitative estimate of drug-likeness (QED) is 0.835. The first-order valence-corrected chi connectivity index (χ1v) is 8.12. The third kappa shape index (κ3) is 3.26. The van der Waals surface area contributed by atoms with Gasteiger partial charge in [-0.05, 0) is 18.9 Å². The summed E-state index contributed by atoms with van der Waals surface area (Å²) in [5.74, 6) is -0.809. The lowest BCUT2D eigenvalue weighted by Gasteiger charge is -2.26. The predicted molar refractivity (Wildman–Crippen MR) is 73.8 cm³/mol. The highest BCUT2D eigenvalue weighted by molar-refractivity contribution is 7.54. The Bertz CT molecular complexity index is 509. The summed E-state index contributed by atoms with van der Waals surface area (Å²) in [6.45, 7) is 3.49. The van der Waals surface area contributed by atoms with Crippen LogP contribution in [0.5, 0.6) is 5.75 Å². The van der Waals surface area contributed by atoms with Crippen LogP contribution in [0.1, 0.15) is 37.7 Å². The summed E-state index contributed by atoms with van der Waals surface area (Å²) >= 11 is 0. The van der Waals surface area contributed by atoms with E-state index in [0.29, 0.717) is 12.8 Å². The Morgan fingerprint density at radius 2 is 2.05 bits per heavy atom. The monoisotopic (exact) mass is 284 g/mol. The lowest BCUT2D eigenvalue weighted by atomic mass is 10.0. The van der Waals surface area contributed by atoms with Crippen molar-refractivity contribution in [1.29, 1.82) is 0 Å². The van der Waals surface area contributed by atoms with Crippen molar-refractivity contribution in [3.05, 3.63) is 36.2 Å². The summed E-state index contributed by atoms with van der Waals surface area (Å²) < 4.78 is 31.3.